The predicted molar refractivity (Wildman–Crippen MR) is 128 cm³/mol. The number of ether oxygens (including phenoxy) is 1. The third-order valence-electron chi connectivity index (χ3n) is 5.32. The molecule has 0 aromatic heterocycles. The topological polar surface area (TPSA) is 29.5 Å². The minimum atomic E-state index is 0.269. The summed E-state index contributed by atoms with van der Waals surface area (Å²) in [5.74, 6) is 1.11. The van der Waals surface area contributed by atoms with Crippen LogP contribution in [0.1, 0.15) is 35.6 Å². The van der Waals surface area contributed by atoms with Gasteiger partial charge in [0.1, 0.15) is 18.1 Å². The van der Waals surface area contributed by atoms with E-state index >= 15 is 0 Å². The average Bonchev–Trinajstić information content (AvgIpc) is 2.84. The molecule has 0 amide bonds. The minimum absolute atomic E-state index is 0.269. The van der Waals surface area contributed by atoms with Gasteiger partial charge in [0.05, 0.1) is 0 Å². The molecule has 0 spiro atoms. The van der Waals surface area contributed by atoms with Gasteiger partial charge in [0.2, 0.25) is 0 Å². The monoisotopic (exact) mass is 406 g/mol. The van der Waals surface area contributed by atoms with E-state index in [1.165, 1.54) is 16.7 Å². The highest BCUT2D eigenvalue weighted by atomic mass is 16.5. The Morgan fingerprint density at radius 2 is 1.19 bits per heavy atom. The summed E-state index contributed by atoms with van der Waals surface area (Å²) in [4.78, 5) is 0. The maximum atomic E-state index is 9.78. The summed E-state index contributed by atoms with van der Waals surface area (Å²) < 4.78 is 5.97. The van der Waals surface area contributed by atoms with Gasteiger partial charge >= 0.3 is 0 Å². The zero-order valence-corrected chi connectivity index (χ0v) is 17.7. The molecule has 31 heavy (non-hydrogen) atoms. The maximum absolute atomic E-state index is 9.78. The molecule has 4 aromatic carbocycles. The van der Waals surface area contributed by atoms with Gasteiger partial charge in [-0.1, -0.05) is 91.9 Å². The largest absolute Gasteiger partial charge is 0.508 e. The number of phenolic OH excluding ortho intramolecular Hbond substituents is 1. The molecule has 2 heteroatoms. The van der Waals surface area contributed by atoms with E-state index in [4.69, 9.17) is 4.74 Å². The van der Waals surface area contributed by atoms with Crippen LogP contribution in [0.15, 0.2) is 109 Å². The smallest absolute Gasteiger partial charge is 0.119 e. The van der Waals surface area contributed by atoms with Crippen molar-refractivity contribution < 1.29 is 9.84 Å². The van der Waals surface area contributed by atoms with Gasteiger partial charge in [-0.3, -0.25) is 0 Å². The molecular weight excluding hydrogens is 380 g/mol. The zero-order valence-electron chi connectivity index (χ0n) is 17.7. The molecule has 0 aliphatic rings. The molecule has 0 atom stereocenters. The van der Waals surface area contributed by atoms with Crippen molar-refractivity contribution in [2.75, 3.05) is 0 Å². The number of allylic oxidation sites excluding steroid dienone is 1. The van der Waals surface area contributed by atoms with E-state index < -0.39 is 0 Å². The third kappa shape index (κ3) is 5.04. The summed E-state index contributed by atoms with van der Waals surface area (Å²) in [6, 6.07) is 36.4. The van der Waals surface area contributed by atoms with Gasteiger partial charge in [-0.2, -0.15) is 0 Å². The first-order chi connectivity index (χ1) is 15.2. The summed E-state index contributed by atoms with van der Waals surface area (Å²) in [5.41, 5.74) is 6.99. The fourth-order valence-electron chi connectivity index (χ4n) is 3.77. The maximum Gasteiger partial charge on any atom is 0.119 e. The van der Waals surface area contributed by atoms with Crippen molar-refractivity contribution in [2.24, 2.45) is 0 Å². The van der Waals surface area contributed by atoms with Crippen LogP contribution in [0, 0.1) is 0 Å². The first-order valence-electron chi connectivity index (χ1n) is 10.6. The number of aromatic hydroxyl groups is 1. The Hall–Kier alpha value is -3.78. The SMILES string of the molecule is CC/C(=C(/c1ccc(O)cc1)c1ccc(OCc2ccccc2)cc1)c1ccccc1. The molecule has 0 saturated heterocycles. The summed E-state index contributed by atoms with van der Waals surface area (Å²) >= 11 is 0. The van der Waals surface area contributed by atoms with Crippen LogP contribution in [0.2, 0.25) is 0 Å². The van der Waals surface area contributed by atoms with Gasteiger partial charge in [-0.15, -0.1) is 0 Å². The summed E-state index contributed by atoms with van der Waals surface area (Å²) in [7, 11) is 0. The van der Waals surface area contributed by atoms with E-state index in [9.17, 15) is 5.11 Å². The molecule has 154 valence electrons. The van der Waals surface area contributed by atoms with E-state index in [0.29, 0.717) is 6.61 Å². The molecule has 0 aliphatic carbocycles. The van der Waals surface area contributed by atoms with Gasteiger partial charge in [0.15, 0.2) is 0 Å². The van der Waals surface area contributed by atoms with Gasteiger partial charge < -0.3 is 9.84 Å². The van der Waals surface area contributed by atoms with Crippen LogP contribution in [0.4, 0.5) is 0 Å². The second-order valence-electron chi connectivity index (χ2n) is 7.42. The Morgan fingerprint density at radius 1 is 0.645 bits per heavy atom. The quantitative estimate of drug-likeness (QED) is 0.325. The molecule has 0 saturated carbocycles. The van der Waals surface area contributed by atoms with Crippen LogP contribution in [0.3, 0.4) is 0 Å². The minimum Gasteiger partial charge on any atom is -0.508 e. The first-order valence-corrected chi connectivity index (χ1v) is 10.6. The van der Waals surface area contributed by atoms with E-state index in [1.807, 2.05) is 48.5 Å². The first kappa shape index (κ1) is 20.5. The van der Waals surface area contributed by atoms with Crippen LogP contribution < -0.4 is 4.74 Å². The number of rotatable bonds is 7. The van der Waals surface area contributed by atoms with Crippen molar-refractivity contribution in [2.45, 2.75) is 20.0 Å². The molecule has 0 radical (unpaired) electrons. The van der Waals surface area contributed by atoms with Crippen molar-refractivity contribution >= 4 is 11.1 Å². The summed E-state index contributed by atoms with van der Waals surface area (Å²) in [5, 5.41) is 9.78. The fraction of sp³-hybridized carbons (Fsp3) is 0.103. The lowest BCUT2D eigenvalue weighted by Crippen LogP contribution is -1.97. The van der Waals surface area contributed by atoms with Crippen molar-refractivity contribution in [1.29, 1.82) is 0 Å². The van der Waals surface area contributed by atoms with E-state index in [1.54, 1.807) is 12.1 Å². The van der Waals surface area contributed by atoms with E-state index in [-0.39, 0.29) is 5.75 Å². The molecule has 1 N–H and O–H groups in total. The lowest BCUT2D eigenvalue weighted by molar-refractivity contribution is 0.306. The molecule has 0 heterocycles. The lowest BCUT2D eigenvalue weighted by atomic mass is 9.88. The van der Waals surface area contributed by atoms with Crippen LogP contribution in [-0.4, -0.2) is 5.11 Å². The molecular formula is C29H26O2. The van der Waals surface area contributed by atoms with E-state index in [2.05, 4.69) is 55.5 Å². The summed E-state index contributed by atoms with van der Waals surface area (Å²) in [6.07, 6.45) is 0.895. The normalized spacial score (nSPS) is 11.6. The van der Waals surface area contributed by atoms with Crippen molar-refractivity contribution in [3.63, 3.8) is 0 Å². The molecule has 0 bridgehead atoms. The summed E-state index contributed by atoms with van der Waals surface area (Å²) in [6.45, 7) is 2.73. The van der Waals surface area contributed by atoms with Crippen LogP contribution in [0.5, 0.6) is 11.5 Å². The zero-order chi connectivity index (χ0) is 21.5. The molecule has 0 fully saturated rings. The van der Waals surface area contributed by atoms with Gasteiger partial charge in [-0.25, -0.2) is 0 Å². The van der Waals surface area contributed by atoms with Crippen LogP contribution in [-0.2, 0) is 6.61 Å². The lowest BCUT2D eigenvalue weighted by Gasteiger charge is -2.17. The number of phenols is 1. The van der Waals surface area contributed by atoms with Crippen molar-refractivity contribution in [3.8, 4) is 11.5 Å². The van der Waals surface area contributed by atoms with Gasteiger partial charge in [0.25, 0.3) is 0 Å². The molecule has 0 aliphatic heterocycles. The van der Waals surface area contributed by atoms with Crippen LogP contribution >= 0.6 is 0 Å². The highest BCUT2D eigenvalue weighted by molar-refractivity contribution is 5.98. The predicted octanol–water partition coefficient (Wildman–Crippen LogP) is 7.34. The number of hydrogen-bond acceptors (Lipinski definition) is 2. The van der Waals surface area contributed by atoms with Gasteiger partial charge in [0, 0.05) is 0 Å². The number of benzene rings is 4. The Morgan fingerprint density at radius 3 is 1.77 bits per heavy atom. The molecule has 0 unspecified atom stereocenters. The third-order valence-corrected chi connectivity index (χ3v) is 5.32. The Kier molecular flexibility index (Phi) is 6.49. The van der Waals surface area contributed by atoms with Crippen molar-refractivity contribution in [1.82, 2.24) is 0 Å². The highest BCUT2D eigenvalue weighted by Gasteiger charge is 2.13. The van der Waals surface area contributed by atoms with E-state index in [0.717, 1.165) is 28.9 Å². The second kappa shape index (κ2) is 9.82. The molecule has 2 nitrogen and oxygen atoms in total. The molecule has 4 aromatic rings. The molecule has 4 rings (SSSR count). The second-order valence-corrected chi connectivity index (χ2v) is 7.42. The number of hydrogen-bond donors (Lipinski definition) is 1. The standard InChI is InChI=1S/C29H26O2/c1-2-28(23-11-7-4-8-12-23)29(24-13-17-26(30)18-14-24)25-15-19-27(20-16-25)31-21-22-9-5-3-6-10-22/h3-20,30H,2,21H2,1H3/b29-28+. The Balaban J connectivity index is 1.70. The van der Waals surface area contributed by atoms with Crippen LogP contribution in [0.25, 0.3) is 11.1 Å². The Labute approximate surface area is 184 Å². The van der Waals surface area contributed by atoms with Gasteiger partial charge in [-0.05, 0) is 64.1 Å². The fourth-order valence-corrected chi connectivity index (χ4v) is 3.77. The Bertz CT molecular complexity index is 1130. The average molecular weight is 407 g/mol. The highest BCUT2D eigenvalue weighted by Crippen LogP contribution is 2.35. The van der Waals surface area contributed by atoms with Crippen molar-refractivity contribution in [3.05, 3.63) is 131 Å².